The van der Waals surface area contributed by atoms with Crippen molar-refractivity contribution in [2.45, 2.75) is 6.92 Å². The van der Waals surface area contributed by atoms with E-state index in [0.29, 0.717) is 5.19 Å². The molecule has 0 radical (unpaired) electrons. The van der Waals surface area contributed by atoms with Gasteiger partial charge in [0.2, 0.25) is 0 Å². The lowest BCUT2D eigenvalue weighted by molar-refractivity contribution is 0.477. The van der Waals surface area contributed by atoms with Gasteiger partial charge in [-0.2, -0.15) is 0 Å². The second kappa shape index (κ2) is 4.11. The van der Waals surface area contributed by atoms with Crippen molar-refractivity contribution >= 4 is 27.3 Å². The van der Waals surface area contributed by atoms with Gasteiger partial charge < -0.3 is 4.74 Å². The summed E-state index contributed by atoms with van der Waals surface area (Å²) in [5, 5.41) is 2.65. The third-order valence-electron chi connectivity index (χ3n) is 1.60. The molecule has 0 saturated heterocycles. The zero-order valence-corrected chi connectivity index (χ0v) is 9.93. The average Bonchev–Trinajstić information content (AvgIpc) is 2.51. The van der Waals surface area contributed by atoms with Crippen molar-refractivity contribution in [1.82, 2.24) is 4.98 Å². The summed E-state index contributed by atoms with van der Waals surface area (Å²) in [5.74, 6) is 0.800. The molecule has 0 spiro atoms. The van der Waals surface area contributed by atoms with Crippen LogP contribution >= 0.6 is 27.3 Å². The molecule has 72 valence electrons. The van der Waals surface area contributed by atoms with Gasteiger partial charge in [-0.05, 0) is 25.1 Å². The largest absolute Gasteiger partial charge is 0.431 e. The highest BCUT2D eigenvalue weighted by molar-refractivity contribution is 9.10. The van der Waals surface area contributed by atoms with E-state index in [1.807, 2.05) is 36.6 Å². The molecule has 2 rings (SSSR count). The van der Waals surface area contributed by atoms with Crippen molar-refractivity contribution in [3.63, 3.8) is 0 Å². The monoisotopic (exact) mass is 269 g/mol. The number of nitrogens with zero attached hydrogens (tertiary/aromatic N) is 1. The molecule has 0 amide bonds. The molecule has 1 aromatic heterocycles. The minimum Gasteiger partial charge on any atom is -0.431 e. The smallest absolute Gasteiger partial charge is 0.278 e. The van der Waals surface area contributed by atoms with Crippen LogP contribution in [0.2, 0.25) is 0 Å². The number of halogens is 1. The van der Waals surface area contributed by atoms with Gasteiger partial charge in [-0.1, -0.05) is 33.3 Å². The molecular weight excluding hydrogens is 262 g/mol. The molecule has 0 bridgehead atoms. The Morgan fingerprint density at radius 3 is 2.93 bits per heavy atom. The molecule has 0 fully saturated rings. The Bertz CT molecular complexity index is 441. The first-order valence-corrected chi connectivity index (χ1v) is 5.77. The van der Waals surface area contributed by atoms with E-state index in [1.165, 1.54) is 11.3 Å². The second-order valence-corrected chi connectivity index (χ2v) is 4.55. The van der Waals surface area contributed by atoms with Gasteiger partial charge in [0, 0.05) is 9.85 Å². The molecule has 0 saturated carbocycles. The van der Waals surface area contributed by atoms with Gasteiger partial charge >= 0.3 is 0 Å². The molecule has 4 heteroatoms. The van der Waals surface area contributed by atoms with Crippen LogP contribution in [0.15, 0.2) is 34.1 Å². The Hall–Kier alpha value is -0.870. The van der Waals surface area contributed by atoms with Gasteiger partial charge in [0.15, 0.2) is 0 Å². The molecule has 2 aromatic rings. The fourth-order valence-electron chi connectivity index (χ4n) is 1.01. The van der Waals surface area contributed by atoms with Crippen LogP contribution in [0.3, 0.4) is 0 Å². The fourth-order valence-corrected chi connectivity index (χ4v) is 2.05. The predicted molar refractivity (Wildman–Crippen MR) is 61.1 cm³/mol. The third-order valence-corrected chi connectivity index (χ3v) is 2.93. The Kier molecular flexibility index (Phi) is 2.84. The summed E-state index contributed by atoms with van der Waals surface area (Å²) < 4.78 is 6.56. The Morgan fingerprint density at radius 1 is 1.43 bits per heavy atom. The summed E-state index contributed by atoms with van der Waals surface area (Å²) in [6, 6.07) is 7.71. The highest BCUT2D eigenvalue weighted by Gasteiger charge is 2.01. The van der Waals surface area contributed by atoms with Crippen molar-refractivity contribution in [1.29, 1.82) is 0 Å². The zero-order chi connectivity index (χ0) is 9.97. The van der Waals surface area contributed by atoms with Gasteiger partial charge in [-0.3, -0.25) is 0 Å². The Labute approximate surface area is 94.7 Å². The summed E-state index contributed by atoms with van der Waals surface area (Å²) in [7, 11) is 0. The average molecular weight is 270 g/mol. The topological polar surface area (TPSA) is 22.1 Å². The van der Waals surface area contributed by atoms with Crippen LogP contribution in [0.5, 0.6) is 10.9 Å². The number of ether oxygens (including phenoxy) is 1. The van der Waals surface area contributed by atoms with E-state index < -0.39 is 0 Å². The summed E-state index contributed by atoms with van der Waals surface area (Å²) in [6.45, 7) is 1.95. The predicted octanol–water partition coefficient (Wildman–Crippen LogP) is 4.01. The Balaban J connectivity index is 2.18. The summed E-state index contributed by atoms with van der Waals surface area (Å²) >= 11 is 4.89. The van der Waals surface area contributed by atoms with Crippen LogP contribution < -0.4 is 4.74 Å². The Morgan fingerprint density at radius 2 is 2.29 bits per heavy atom. The van der Waals surface area contributed by atoms with E-state index in [0.717, 1.165) is 15.9 Å². The summed E-state index contributed by atoms with van der Waals surface area (Å²) in [5.41, 5.74) is 0.986. The standard InChI is InChI=1S/C10H8BrNOS/c1-7-6-14-10(12-7)13-9-4-2-3-8(11)5-9/h2-6H,1H3. The number of hydrogen-bond acceptors (Lipinski definition) is 3. The number of thiazole rings is 1. The van der Waals surface area contributed by atoms with Crippen molar-refractivity contribution in [3.05, 3.63) is 39.8 Å². The van der Waals surface area contributed by atoms with Crippen LogP contribution in [0, 0.1) is 6.92 Å². The molecule has 0 aliphatic rings. The van der Waals surface area contributed by atoms with E-state index in [-0.39, 0.29) is 0 Å². The van der Waals surface area contributed by atoms with Gasteiger partial charge in [0.1, 0.15) is 5.75 Å². The number of aromatic nitrogens is 1. The highest BCUT2D eigenvalue weighted by atomic mass is 79.9. The number of rotatable bonds is 2. The number of benzene rings is 1. The van der Waals surface area contributed by atoms with Crippen molar-refractivity contribution in [2.75, 3.05) is 0 Å². The minimum absolute atomic E-state index is 0.681. The lowest BCUT2D eigenvalue weighted by Gasteiger charge is -2.00. The second-order valence-electron chi connectivity index (χ2n) is 2.81. The van der Waals surface area contributed by atoms with E-state index in [4.69, 9.17) is 4.74 Å². The molecule has 0 aliphatic carbocycles. The molecule has 2 nitrogen and oxygen atoms in total. The van der Waals surface area contributed by atoms with Crippen LogP contribution in [0.4, 0.5) is 0 Å². The highest BCUT2D eigenvalue weighted by Crippen LogP contribution is 2.26. The molecule has 0 unspecified atom stereocenters. The fraction of sp³-hybridized carbons (Fsp3) is 0.100. The van der Waals surface area contributed by atoms with Gasteiger partial charge in [-0.25, -0.2) is 4.98 Å². The first-order chi connectivity index (χ1) is 6.74. The van der Waals surface area contributed by atoms with Crippen LogP contribution in [-0.4, -0.2) is 4.98 Å². The SMILES string of the molecule is Cc1csc(Oc2cccc(Br)c2)n1. The molecular formula is C10H8BrNOS. The molecule has 1 aromatic carbocycles. The lowest BCUT2D eigenvalue weighted by Crippen LogP contribution is -1.82. The van der Waals surface area contributed by atoms with Gasteiger partial charge in [-0.15, -0.1) is 0 Å². The van der Waals surface area contributed by atoms with Gasteiger partial charge in [0.05, 0.1) is 5.69 Å². The summed E-state index contributed by atoms with van der Waals surface area (Å²) in [4.78, 5) is 4.22. The molecule has 14 heavy (non-hydrogen) atoms. The maximum atomic E-state index is 5.56. The van der Waals surface area contributed by atoms with Crippen molar-refractivity contribution in [2.24, 2.45) is 0 Å². The minimum atomic E-state index is 0.681. The lowest BCUT2D eigenvalue weighted by atomic mass is 10.3. The molecule has 0 N–H and O–H groups in total. The maximum absolute atomic E-state index is 5.56. The molecule has 0 atom stereocenters. The van der Waals surface area contributed by atoms with Crippen molar-refractivity contribution in [3.8, 4) is 10.9 Å². The third kappa shape index (κ3) is 2.33. The first-order valence-electron chi connectivity index (χ1n) is 4.09. The first kappa shape index (κ1) is 9.68. The van der Waals surface area contributed by atoms with Gasteiger partial charge in [0.25, 0.3) is 5.19 Å². The normalized spacial score (nSPS) is 10.1. The van der Waals surface area contributed by atoms with E-state index in [1.54, 1.807) is 0 Å². The maximum Gasteiger partial charge on any atom is 0.278 e. The molecule has 0 aliphatic heterocycles. The quantitative estimate of drug-likeness (QED) is 0.822. The summed E-state index contributed by atoms with van der Waals surface area (Å²) in [6.07, 6.45) is 0. The number of aryl methyl sites for hydroxylation is 1. The van der Waals surface area contributed by atoms with E-state index in [9.17, 15) is 0 Å². The molecule has 1 heterocycles. The van der Waals surface area contributed by atoms with Crippen LogP contribution in [-0.2, 0) is 0 Å². The van der Waals surface area contributed by atoms with E-state index in [2.05, 4.69) is 20.9 Å². The number of hydrogen-bond donors (Lipinski definition) is 0. The van der Waals surface area contributed by atoms with E-state index >= 15 is 0 Å². The van der Waals surface area contributed by atoms with Crippen LogP contribution in [0.25, 0.3) is 0 Å². The van der Waals surface area contributed by atoms with Crippen molar-refractivity contribution < 1.29 is 4.74 Å². The van der Waals surface area contributed by atoms with Crippen LogP contribution in [0.1, 0.15) is 5.69 Å². The zero-order valence-electron chi connectivity index (χ0n) is 7.53.